The average molecular weight is 428 g/mol. The zero-order valence-electron chi connectivity index (χ0n) is 17.7. The highest BCUT2D eigenvalue weighted by molar-refractivity contribution is 6.06. The summed E-state index contributed by atoms with van der Waals surface area (Å²) in [6.45, 7) is 0.507. The van der Waals surface area contributed by atoms with E-state index in [2.05, 4.69) is 5.32 Å². The lowest BCUT2D eigenvalue weighted by Gasteiger charge is -2.25. The molecule has 32 heavy (non-hydrogen) atoms. The summed E-state index contributed by atoms with van der Waals surface area (Å²) in [4.78, 5) is 41.3. The van der Waals surface area contributed by atoms with Gasteiger partial charge in [0.1, 0.15) is 12.6 Å². The first kappa shape index (κ1) is 21.3. The zero-order valence-corrected chi connectivity index (χ0v) is 17.7. The fraction of sp³-hybridized carbons (Fsp3) is 0.192. The molecule has 0 aliphatic carbocycles. The molecule has 162 valence electrons. The molecule has 1 heterocycles. The molecule has 4 rings (SSSR count). The lowest BCUT2D eigenvalue weighted by Crippen LogP contribution is -2.43. The predicted octanol–water partition coefficient (Wildman–Crippen LogP) is 3.38. The summed E-state index contributed by atoms with van der Waals surface area (Å²) in [7, 11) is 0. The molecular weight excluding hydrogens is 402 g/mol. The Bertz CT molecular complexity index is 1030. The molecule has 0 radical (unpaired) electrons. The highest BCUT2D eigenvalue weighted by atomic mass is 16.2. The van der Waals surface area contributed by atoms with E-state index in [9.17, 15) is 14.4 Å². The summed E-state index contributed by atoms with van der Waals surface area (Å²) >= 11 is 0. The summed E-state index contributed by atoms with van der Waals surface area (Å²) in [5.74, 6) is -0.645. The molecule has 1 aliphatic rings. The van der Waals surface area contributed by atoms with Gasteiger partial charge in [-0.25, -0.2) is 4.79 Å². The van der Waals surface area contributed by atoms with Gasteiger partial charge in [0, 0.05) is 19.5 Å². The van der Waals surface area contributed by atoms with Gasteiger partial charge in [-0.15, -0.1) is 0 Å². The van der Waals surface area contributed by atoms with Crippen LogP contribution in [0.15, 0.2) is 91.0 Å². The number of amides is 4. The van der Waals surface area contributed by atoms with Crippen molar-refractivity contribution in [3.05, 3.63) is 108 Å². The third kappa shape index (κ3) is 5.21. The van der Waals surface area contributed by atoms with Crippen LogP contribution in [0.5, 0.6) is 0 Å². The third-order valence-electron chi connectivity index (χ3n) is 5.47. The number of carbonyl (C=O) groups is 3. The van der Waals surface area contributed by atoms with E-state index in [1.54, 1.807) is 4.90 Å². The third-order valence-corrected chi connectivity index (χ3v) is 5.47. The standard InChI is InChI=1S/C26H25N3O3/c30-24(19-29-25(31)23(27-26(29)32)16-20-10-4-1-5-11-20)28(17-21-12-6-2-7-13-21)18-22-14-8-3-9-15-22/h1-15,23H,16-19H2,(H,27,32). The SMILES string of the molecule is O=C(CN1C(=O)NC(Cc2ccccc2)C1=O)N(Cc1ccccc1)Cc1ccccc1. The summed E-state index contributed by atoms with van der Waals surface area (Å²) in [5, 5.41) is 2.71. The number of hydrogen-bond donors (Lipinski definition) is 1. The Morgan fingerprint density at radius 2 is 1.22 bits per heavy atom. The second kappa shape index (κ2) is 9.92. The minimum Gasteiger partial charge on any atom is -0.332 e. The molecule has 0 spiro atoms. The van der Waals surface area contributed by atoms with Crippen LogP contribution < -0.4 is 5.32 Å². The van der Waals surface area contributed by atoms with Crippen LogP contribution in [0.2, 0.25) is 0 Å². The van der Waals surface area contributed by atoms with Crippen LogP contribution in [-0.4, -0.2) is 40.2 Å². The van der Waals surface area contributed by atoms with Crippen molar-refractivity contribution in [3.8, 4) is 0 Å². The minimum atomic E-state index is -0.658. The van der Waals surface area contributed by atoms with Gasteiger partial charge in [-0.05, 0) is 16.7 Å². The molecule has 0 aromatic heterocycles. The molecule has 1 fully saturated rings. The molecule has 1 atom stereocenters. The first-order chi connectivity index (χ1) is 15.6. The number of nitrogens with one attached hydrogen (secondary N) is 1. The molecule has 3 aromatic carbocycles. The maximum Gasteiger partial charge on any atom is 0.325 e. The quantitative estimate of drug-likeness (QED) is 0.561. The average Bonchev–Trinajstić information content (AvgIpc) is 3.08. The van der Waals surface area contributed by atoms with Crippen molar-refractivity contribution in [1.29, 1.82) is 0 Å². The van der Waals surface area contributed by atoms with Gasteiger partial charge in [-0.3, -0.25) is 14.5 Å². The Morgan fingerprint density at radius 1 is 0.750 bits per heavy atom. The van der Waals surface area contributed by atoms with Crippen molar-refractivity contribution in [3.63, 3.8) is 0 Å². The molecular formula is C26H25N3O3. The molecule has 0 saturated carbocycles. The molecule has 1 aliphatic heterocycles. The van der Waals surface area contributed by atoms with E-state index in [4.69, 9.17) is 0 Å². The van der Waals surface area contributed by atoms with Gasteiger partial charge in [-0.1, -0.05) is 91.0 Å². The molecule has 6 nitrogen and oxygen atoms in total. The van der Waals surface area contributed by atoms with Gasteiger partial charge < -0.3 is 10.2 Å². The predicted molar refractivity (Wildman–Crippen MR) is 121 cm³/mol. The van der Waals surface area contributed by atoms with E-state index < -0.39 is 12.1 Å². The number of carbonyl (C=O) groups excluding carboxylic acids is 3. The summed E-state index contributed by atoms with van der Waals surface area (Å²) < 4.78 is 0. The van der Waals surface area contributed by atoms with Crippen LogP contribution >= 0.6 is 0 Å². The maximum absolute atomic E-state index is 13.2. The topological polar surface area (TPSA) is 69.7 Å². The van der Waals surface area contributed by atoms with Gasteiger partial charge in [0.15, 0.2) is 0 Å². The number of nitrogens with zero attached hydrogens (tertiary/aromatic N) is 2. The molecule has 4 amide bonds. The van der Waals surface area contributed by atoms with Gasteiger partial charge in [0.25, 0.3) is 5.91 Å². The highest BCUT2D eigenvalue weighted by Gasteiger charge is 2.39. The van der Waals surface area contributed by atoms with Crippen LogP contribution in [-0.2, 0) is 29.1 Å². The Labute approximate surface area is 187 Å². The van der Waals surface area contributed by atoms with Gasteiger partial charge in [-0.2, -0.15) is 0 Å². The number of imide groups is 1. The fourth-order valence-electron chi connectivity index (χ4n) is 3.79. The zero-order chi connectivity index (χ0) is 22.3. The number of hydrogen-bond acceptors (Lipinski definition) is 3. The van der Waals surface area contributed by atoms with E-state index in [0.29, 0.717) is 19.5 Å². The number of rotatable bonds is 8. The van der Waals surface area contributed by atoms with Gasteiger partial charge in [0.05, 0.1) is 0 Å². The van der Waals surface area contributed by atoms with Crippen molar-refractivity contribution in [1.82, 2.24) is 15.1 Å². The van der Waals surface area contributed by atoms with Crippen LogP contribution in [0.3, 0.4) is 0 Å². The smallest absolute Gasteiger partial charge is 0.325 e. The second-order valence-corrected chi connectivity index (χ2v) is 7.84. The summed E-state index contributed by atoms with van der Waals surface area (Å²) in [5.41, 5.74) is 2.92. The lowest BCUT2D eigenvalue weighted by atomic mass is 10.1. The Hall–Kier alpha value is -3.93. The van der Waals surface area contributed by atoms with Crippen LogP contribution in [0.4, 0.5) is 4.79 Å². The minimum absolute atomic E-state index is 0.276. The Balaban J connectivity index is 1.46. The van der Waals surface area contributed by atoms with Gasteiger partial charge >= 0.3 is 6.03 Å². The Morgan fingerprint density at radius 3 is 1.72 bits per heavy atom. The van der Waals surface area contributed by atoms with E-state index in [1.807, 2.05) is 91.0 Å². The van der Waals surface area contributed by atoms with Crippen molar-refractivity contribution >= 4 is 17.8 Å². The summed E-state index contributed by atoms with van der Waals surface area (Å²) in [6.07, 6.45) is 0.397. The van der Waals surface area contributed by atoms with Crippen LogP contribution in [0, 0.1) is 0 Å². The second-order valence-electron chi connectivity index (χ2n) is 7.84. The normalized spacial score (nSPS) is 15.5. The first-order valence-electron chi connectivity index (χ1n) is 10.6. The van der Waals surface area contributed by atoms with Crippen molar-refractivity contribution in [2.45, 2.75) is 25.6 Å². The monoisotopic (exact) mass is 427 g/mol. The van der Waals surface area contributed by atoms with Crippen molar-refractivity contribution < 1.29 is 14.4 Å². The molecule has 3 aromatic rings. The first-order valence-corrected chi connectivity index (χ1v) is 10.6. The molecule has 1 saturated heterocycles. The Kier molecular flexibility index (Phi) is 6.60. The molecule has 0 bridgehead atoms. The molecule has 6 heteroatoms. The number of urea groups is 1. The van der Waals surface area contributed by atoms with E-state index in [-0.39, 0.29) is 18.4 Å². The molecule has 1 N–H and O–H groups in total. The van der Waals surface area contributed by atoms with Crippen molar-refractivity contribution in [2.24, 2.45) is 0 Å². The maximum atomic E-state index is 13.2. The number of benzene rings is 3. The molecule has 1 unspecified atom stereocenters. The van der Waals surface area contributed by atoms with Crippen LogP contribution in [0.25, 0.3) is 0 Å². The van der Waals surface area contributed by atoms with Crippen molar-refractivity contribution in [2.75, 3.05) is 6.54 Å². The van der Waals surface area contributed by atoms with Crippen LogP contribution in [0.1, 0.15) is 16.7 Å². The van der Waals surface area contributed by atoms with Gasteiger partial charge in [0.2, 0.25) is 5.91 Å². The highest BCUT2D eigenvalue weighted by Crippen LogP contribution is 2.15. The fourth-order valence-corrected chi connectivity index (χ4v) is 3.79. The lowest BCUT2D eigenvalue weighted by molar-refractivity contribution is -0.138. The van der Waals surface area contributed by atoms with E-state index in [1.165, 1.54) is 0 Å². The van der Waals surface area contributed by atoms with E-state index in [0.717, 1.165) is 21.6 Å². The van der Waals surface area contributed by atoms with E-state index >= 15 is 0 Å². The largest absolute Gasteiger partial charge is 0.332 e. The summed E-state index contributed by atoms with van der Waals surface area (Å²) in [6, 6.07) is 27.7.